The van der Waals surface area contributed by atoms with Crippen LogP contribution < -0.4 is 0 Å². The zero-order valence-electron chi connectivity index (χ0n) is 18.2. The molecule has 0 nitrogen and oxygen atoms in total. The zero-order valence-corrected chi connectivity index (χ0v) is 18.2. The summed E-state index contributed by atoms with van der Waals surface area (Å²) in [6.07, 6.45) is 0. The van der Waals surface area contributed by atoms with Crippen molar-refractivity contribution in [3.05, 3.63) is 142 Å². The van der Waals surface area contributed by atoms with Gasteiger partial charge in [0, 0.05) is 33.4 Å². The van der Waals surface area contributed by atoms with Crippen molar-refractivity contribution in [2.45, 2.75) is 13.8 Å². The molecule has 0 unspecified atom stereocenters. The first-order valence-corrected chi connectivity index (χ1v) is 10.5. The molecule has 0 spiro atoms. The lowest BCUT2D eigenvalue weighted by molar-refractivity contribution is 1.46. The molecule has 0 heterocycles. The van der Waals surface area contributed by atoms with Gasteiger partial charge < -0.3 is 0 Å². The summed E-state index contributed by atoms with van der Waals surface area (Å²) in [5.41, 5.74) is 8.11. The minimum absolute atomic E-state index is 0.911. The van der Waals surface area contributed by atoms with Crippen molar-refractivity contribution >= 4 is 0 Å². The van der Waals surface area contributed by atoms with Crippen LogP contribution >= 0.6 is 0 Å². The first-order valence-electron chi connectivity index (χ1n) is 10.5. The quantitative estimate of drug-likeness (QED) is 0.292. The van der Waals surface area contributed by atoms with Crippen molar-refractivity contribution in [1.82, 2.24) is 0 Å². The third kappa shape index (κ3) is 5.58. The van der Waals surface area contributed by atoms with Crippen molar-refractivity contribution in [2.75, 3.05) is 0 Å². The van der Waals surface area contributed by atoms with E-state index in [2.05, 4.69) is 73.6 Å². The Labute approximate surface area is 191 Å². The van der Waals surface area contributed by atoms with E-state index in [4.69, 9.17) is 0 Å². The SMILES string of the molecule is Cc1ccc(C#Cc2ccccc2C#Cc2ccccc2C#Cc2ccc(C)cc2)cc1. The van der Waals surface area contributed by atoms with Crippen LogP contribution in [0.2, 0.25) is 0 Å². The molecule has 0 atom stereocenters. The fraction of sp³-hybridized carbons (Fsp3) is 0.0625. The molecule has 0 saturated carbocycles. The highest BCUT2D eigenvalue weighted by molar-refractivity contribution is 5.58. The lowest BCUT2D eigenvalue weighted by Crippen LogP contribution is -1.86. The smallest absolute Gasteiger partial charge is 0.0405 e. The second-order valence-electron chi connectivity index (χ2n) is 7.57. The number of benzene rings is 4. The van der Waals surface area contributed by atoms with Gasteiger partial charge in [0.25, 0.3) is 0 Å². The summed E-state index contributed by atoms with van der Waals surface area (Å²) in [5, 5.41) is 0. The van der Waals surface area contributed by atoms with Crippen LogP contribution in [0.15, 0.2) is 97.1 Å². The molecule has 0 aliphatic carbocycles. The molecule has 4 rings (SSSR count). The largest absolute Gasteiger partial charge is 0.0616 e. The monoisotopic (exact) mass is 406 g/mol. The average molecular weight is 407 g/mol. The lowest BCUT2D eigenvalue weighted by atomic mass is 10.0. The maximum absolute atomic E-state index is 3.30. The highest BCUT2D eigenvalue weighted by Crippen LogP contribution is 2.10. The highest BCUT2D eigenvalue weighted by atomic mass is 14.0. The molecule has 0 saturated heterocycles. The third-order valence-electron chi connectivity index (χ3n) is 4.97. The molecule has 0 aliphatic heterocycles. The molecule has 4 aromatic carbocycles. The molecule has 0 bridgehead atoms. The Kier molecular flexibility index (Phi) is 6.54. The molecular weight excluding hydrogens is 384 g/mol. The molecule has 4 aromatic rings. The van der Waals surface area contributed by atoms with Crippen molar-refractivity contribution in [1.29, 1.82) is 0 Å². The van der Waals surface area contributed by atoms with Crippen molar-refractivity contribution in [3.8, 4) is 35.5 Å². The maximum Gasteiger partial charge on any atom is 0.0405 e. The Hall–Kier alpha value is -4.44. The van der Waals surface area contributed by atoms with E-state index in [0.29, 0.717) is 0 Å². The standard InChI is InChI=1S/C32H22/c1-25-11-15-27(16-12-25)19-21-29-7-3-5-9-31(29)23-24-32-10-6-4-8-30(32)22-20-28-17-13-26(2)14-18-28/h3-18H,1-2H3. The predicted octanol–water partition coefficient (Wildman–Crippen LogP) is 6.50. The van der Waals surface area contributed by atoms with E-state index in [-0.39, 0.29) is 0 Å². The van der Waals surface area contributed by atoms with Gasteiger partial charge in [-0.2, -0.15) is 0 Å². The Morgan fingerprint density at radius 3 is 0.938 bits per heavy atom. The van der Waals surface area contributed by atoms with Gasteiger partial charge >= 0.3 is 0 Å². The predicted molar refractivity (Wildman–Crippen MR) is 133 cm³/mol. The van der Waals surface area contributed by atoms with Gasteiger partial charge in [0.05, 0.1) is 0 Å². The Balaban J connectivity index is 1.63. The number of hydrogen-bond acceptors (Lipinski definition) is 0. The van der Waals surface area contributed by atoms with Gasteiger partial charge in [-0.25, -0.2) is 0 Å². The number of rotatable bonds is 0. The minimum atomic E-state index is 0.911. The molecule has 150 valence electrons. The van der Waals surface area contributed by atoms with Crippen molar-refractivity contribution in [2.24, 2.45) is 0 Å². The summed E-state index contributed by atoms with van der Waals surface area (Å²) in [5.74, 6) is 19.6. The highest BCUT2D eigenvalue weighted by Gasteiger charge is 1.98. The summed E-state index contributed by atoms with van der Waals surface area (Å²) < 4.78 is 0. The van der Waals surface area contributed by atoms with E-state index in [1.807, 2.05) is 72.8 Å². The Morgan fingerprint density at radius 1 is 0.344 bits per heavy atom. The molecule has 0 N–H and O–H groups in total. The van der Waals surface area contributed by atoms with Gasteiger partial charge in [0.15, 0.2) is 0 Å². The maximum atomic E-state index is 3.30. The fourth-order valence-corrected chi connectivity index (χ4v) is 3.09. The van der Waals surface area contributed by atoms with Crippen LogP contribution in [-0.4, -0.2) is 0 Å². The topological polar surface area (TPSA) is 0 Å². The van der Waals surface area contributed by atoms with Crippen LogP contribution in [-0.2, 0) is 0 Å². The third-order valence-corrected chi connectivity index (χ3v) is 4.97. The van der Waals surface area contributed by atoms with Gasteiger partial charge in [0.2, 0.25) is 0 Å². The summed E-state index contributed by atoms with van der Waals surface area (Å²) >= 11 is 0. The van der Waals surface area contributed by atoms with Crippen molar-refractivity contribution < 1.29 is 0 Å². The molecule has 0 aliphatic rings. The molecular formula is C32H22. The zero-order chi connectivity index (χ0) is 22.2. The van der Waals surface area contributed by atoms with Gasteiger partial charge in [-0.1, -0.05) is 95.2 Å². The summed E-state index contributed by atoms with van der Waals surface area (Å²) in [6, 6.07) is 32.5. The first-order chi connectivity index (χ1) is 15.7. The van der Waals surface area contributed by atoms with Crippen LogP contribution in [0.5, 0.6) is 0 Å². The Morgan fingerprint density at radius 2 is 0.625 bits per heavy atom. The fourth-order valence-electron chi connectivity index (χ4n) is 3.09. The van der Waals surface area contributed by atoms with Gasteiger partial charge in [-0.3, -0.25) is 0 Å². The van der Waals surface area contributed by atoms with Crippen LogP contribution in [0.3, 0.4) is 0 Å². The van der Waals surface area contributed by atoms with E-state index in [9.17, 15) is 0 Å². The van der Waals surface area contributed by atoms with E-state index in [1.165, 1.54) is 11.1 Å². The van der Waals surface area contributed by atoms with Crippen LogP contribution in [0.4, 0.5) is 0 Å². The van der Waals surface area contributed by atoms with Gasteiger partial charge in [-0.15, -0.1) is 0 Å². The molecule has 0 amide bonds. The van der Waals surface area contributed by atoms with E-state index in [1.54, 1.807) is 0 Å². The van der Waals surface area contributed by atoms with E-state index >= 15 is 0 Å². The normalized spacial score (nSPS) is 9.44. The van der Waals surface area contributed by atoms with Crippen LogP contribution in [0.1, 0.15) is 44.5 Å². The van der Waals surface area contributed by atoms with Crippen LogP contribution in [0, 0.1) is 49.4 Å². The van der Waals surface area contributed by atoms with E-state index in [0.717, 1.165) is 33.4 Å². The minimum Gasteiger partial charge on any atom is -0.0616 e. The summed E-state index contributed by atoms with van der Waals surface area (Å²) in [7, 11) is 0. The van der Waals surface area contributed by atoms with Gasteiger partial charge in [0.1, 0.15) is 0 Å². The van der Waals surface area contributed by atoms with Crippen LogP contribution in [0.25, 0.3) is 0 Å². The van der Waals surface area contributed by atoms with Gasteiger partial charge in [-0.05, 0) is 62.4 Å². The second-order valence-corrected chi connectivity index (χ2v) is 7.57. The second kappa shape index (κ2) is 10.0. The molecule has 0 radical (unpaired) electrons. The summed E-state index contributed by atoms with van der Waals surface area (Å²) in [6.45, 7) is 4.15. The van der Waals surface area contributed by atoms with E-state index < -0.39 is 0 Å². The molecule has 0 heteroatoms. The molecule has 0 aromatic heterocycles. The number of aryl methyl sites for hydroxylation is 2. The first kappa shape index (κ1) is 20.8. The lowest BCUT2D eigenvalue weighted by Gasteiger charge is -1.98. The number of hydrogen-bond donors (Lipinski definition) is 0. The molecule has 0 fully saturated rings. The average Bonchev–Trinajstić information content (AvgIpc) is 2.83. The Bertz CT molecular complexity index is 1310. The summed E-state index contributed by atoms with van der Waals surface area (Å²) in [4.78, 5) is 0. The molecule has 32 heavy (non-hydrogen) atoms. The van der Waals surface area contributed by atoms with Crippen molar-refractivity contribution in [3.63, 3.8) is 0 Å².